The first kappa shape index (κ1) is 18.9. The van der Waals surface area contributed by atoms with Crippen molar-refractivity contribution in [2.24, 2.45) is 5.92 Å². The maximum absolute atomic E-state index is 13.9. The highest BCUT2D eigenvalue weighted by Crippen LogP contribution is 2.27. The number of hydrogen-bond donors (Lipinski definition) is 2. The van der Waals surface area contributed by atoms with Gasteiger partial charge in [0.2, 0.25) is 10.0 Å². The molecule has 1 saturated carbocycles. The van der Waals surface area contributed by atoms with Crippen LogP contribution in [0.2, 0.25) is 0 Å². The van der Waals surface area contributed by atoms with Gasteiger partial charge in [-0.25, -0.2) is 21.9 Å². The number of benzene rings is 2. The number of nitrogens with one attached hydrogen (secondary N) is 1. The third-order valence-corrected chi connectivity index (χ3v) is 6.31. The molecule has 0 bridgehead atoms. The second kappa shape index (κ2) is 7.82. The molecule has 140 valence electrons. The zero-order valence-electron chi connectivity index (χ0n) is 14.2. The molecular weight excluding hydrogens is 360 g/mol. The van der Waals surface area contributed by atoms with Gasteiger partial charge in [0.15, 0.2) is 0 Å². The molecule has 2 unspecified atom stereocenters. The van der Waals surface area contributed by atoms with Gasteiger partial charge in [0.05, 0.1) is 4.90 Å². The molecule has 1 fully saturated rings. The van der Waals surface area contributed by atoms with E-state index in [2.05, 4.69) is 4.72 Å². The van der Waals surface area contributed by atoms with E-state index < -0.39 is 21.7 Å². The molecule has 1 aliphatic rings. The minimum atomic E-state index is -3.69. The van der Waals surface area contributed by atoms with Crippen LogP contribution in [0.4, 0.5) is 8.78 Å². The van der Waals surface area contributed by atoms with Gasteiger partial charge in [0.1, 0.15) is 11.6 Å². The Kier molecular flexibility index (Phi) is 5.70. The van der Waals surface area contributed by atoms with Gasteiger partial charge < -0.3 is 5.11 Å². The van der Waals surface area contributed by atoms with Gasteiger partial charge in [-0.05, 0) is 55.0 Å². The highest BCUT2D eigenvalue weighted by Gasteiger charge is 2.26. The van der Waals surface area contributed by atoms with Gasteiger partial charge >= 0.3 is 0 Å². The first-order valence-electron chi connectivity index (χ1n) is 8.58. The van der Waals surface area contributed by atoms with Gasteiger partial charge in [-0.3, -0.25) is 0 Å². The lowest BCUT2D eigenvalue weighted by Gasteiger charge is -2.28. The average molecular weight is 381 g/mol. The van der Waals surface area contributed by atoms with Crippen LogP contribution in [0, 0.1) is 17.6 Å². The Bertz CT molecular complexity index is 869. The predicted octanol–water partition coefficient (Wildman–Crippen LogP) is 3.46. The highest BCUT2D eigenvalue weighted by atomic mass is 32.2. The number of halogens is 2. The molecule has 0 amide bonds. The van der Waals surface area contributed by atoms with E-state index in [0.717, 1.165) is 31.4 Å². The third-order valence-electron chi connectivity index (χ3n) is 4.77. The summed E-state index contributed by atoms with van der Waals surface area (Å²) in [5.74, 6) is -1.24. The molecule has 1 aliphatic carbocycles. The van der Waals surface area contributed by atoms with Crippen LogP contribution in [0.5, 0.6) is 0 Å². The van der Waals surface area contributed by atoms with Crippen LogP contribution in [0.1, 0.15) is 25.7 Å². The van der Waals surface area contributed by atoms with E-state index in [4.69, 9.17) is 0 Å². The van der Waals surface area contributed by atoms with Crippen LogP contribution in [0.15, 0.2) is 47.4 Å². The molecule has 7 heteroatoms. The fraction of sp³-hybridized carbons (Fsp3) is 0.368. The lowest BCUT2D eigenvalue weighted by atomic mass is 9.87. The molecule has 2 N–H and O–H groups in total. The topological polar surface area (TPSA) is 66.4 Å². The van der Waals surface area contributed by atoms with Crippen LogP contribution in [0.25, 0.3) is 11.1 Å². The number of aliphatic hydroxyl groups excluding tert-OH is 1. The Labute approximate surface area is 151 Å². The number of sulfonamides is 1. The molecule has 0 spiro atoms. The molecule has 0 radical (unpaired) electrons. The molecule has 4 nitrogen and oxygen atoms in total. The molecule has 0 aromatic heterocycles. The van der Waals surface area contributed by atoms with Gasteiger partial charge in [0, 0.05) is 24.3 Å². The standard InChI is InChI=1S/C19H21F2NO3S/c20-15-6-9-18(19(21)11-15)14-4-7-17(8-5-14)26(24,25)22-16-3-1-2-13(10-16)12-23/h4-9,11,13,16,22-23H,1-3,10,12H2. The largest absolute Gasteiger partial charge is 0.396 e. The Morgan fingerprint density at radius 3 is 2.46 bits per heavy atom. The summed E-state index contributed by atoms with van der Waals surface area (Å²) in [6.07, 6.45) is 3.15. The summed E-state index contributed by atoms with van der Waals surface area (Å²) in [6, 6.07) is 8.90. The molecule has 0 saturated heterocycles. The van der Waals surface area contributed by atoms with Crippen molar-refractivity contribution in [1.82, 2.24) is 4.72 Å². The van der Waals surface area contributed by atoms with E-state index in [1.165, 1.54) is 30.3 Å². The Hall–Kier alpha value is -1.83. The number of rotatable bonds is 5. The van der Waals surface area contributed by atoms with E-state index in [-0.39, 0.29) is 29.0 Å². The highest BCUT2D eigenvalue weighted by molar-refractivity contribution is 7.89. The van der Waals surface area contributed by atoms with Crippen molar-refractivity contribution in [3.05, 3.63) is 54.1 Å². The maximum atomic E-state index is 13.9. The van der Waals surface area contributed by atoms with Gasteiger partial charge in [-0.2, -0.15) is 0 Å². The van der Waals surface area contributed by atoms with E-state index in [9.17, 15) is 22.3 Å². The summed E-state index contributed by atoms with van der Waals surface area (Å²) < 4.78 is 54.7. The fourth-order valence-corrected chi connectivity index (χ4v) is 4.67. The smallest absolute Gasteiger partial charge is 0.240 e. The molecule has 0 heterocycles. The van der Waals surface area contributed by atoms with Gasteiger partial charge in [-0.15, -0.1) is 0 Å². The van der Waals surface area contributed by atoms with Crippen molar-refractivity contribution in [3.63, 3.8) is 0 Å². The maximum Gasteiger partial charge on any atom is 0.240 e. The molecule has 2 aromatic rings. The first-order valence-corrected chi connectivity index (χ1v) is 10.1. The Morgan fingerprint density at radius 2 is 1.81 bits per heavy atom. The first-order chi connectivity index (χ1) is 12.4. The predicted molar refractivity (Wildman–Crippen MR) is 94.9 cm³/mol. The van der Waals surface area contributed by atoms with Gasteiger partial charge in [-0.1, -0.05) is 18.6 Å². The summed E-state index contributed by atoms with van der Waals surface area (Å²) in [5, 5.41) is 9.27. The molecule has 26 heavy (non-hydrogen) atoms. The fourth-order valence-electron chi connectivity index (χ4n) is 3.39. The second-order valence-corrected chi connectivity index (χ2v) is 8.40. The van der Waals surface area contributed by atoms with E-state index in [1.807, 2.05) is 0 Å². The van der Waals surface area contributed by atoms with Crippen molar-refractivity contribution < 1.29 is 22.3 Å². The number of aliphatic hydroxyl groups is 1. The SMILES string of the molecule is O=S(=O)(NC1CCCC(CO)C1)c1ccc(-c2ccc(F)cc2F)cc1. The minimum Gasteiger partial charge on any atom is -0.396 e. The second-order valence-electron chi connectivity index (χ2n) is 6.68. The molecular formula is C19H21F2NO3S. The van der Waals surface area contributed by atoms with E-state index >= 15 is 0 Å². The summed E-state index contributed by atoms with van der Waals surface area (Å²) in [5.41, 5.74) is 0.681. The van der Waals surface area contributed by atoms with Crippen molar-refractivity contribution in [2.75, 3.05) is 6.61 Å². The summed E-state index contributed by atoms with van der Waals surface area (Å²) in [7, 11) is -3.69. The quantitative estimate of drug-likeness (QED) is 0.834. The van der Waals surface area contributed by atoms with E-state index in [0.29, 0.717) is 12.0 Å². The van der Waals surface area contributed by atoms with Crippen LogP contribution in [-0.4, -0.2) is 26.2 Å². The number of hydrogen-bond acceptors (Lipinski definition) is 3. The molecule has 2 aromatic carbocycles. The lowest BCUT2D eigenvalue weighted by Crippen LogP contribution is -2.38. The summed E-state index contributed by atoms with van der Waals surface area (Å²) in [6.45, 7) is 0.0656. The Morgan fingerprint density at radius 1 is 1.08 bits per heavy atom. The van der Waals surface area contributed by atoms with Crippen LogP contribution < -0.4 is 4.72 Å². The van der Waals surface area contributed by atoms with Crippen molar-refractivity contribution >= 4 is 10.0 Å². The minimum absolute atomic E-state index is 0.0656. The summed E-state index contributed by atoms with van der Waals surface area (Å²) in [4.78, 5) is 0.0925. The third kappa shape index (κ3) is 4.28. The summed E-state index contributed by atoms with van der Waals surface area (Å²) >= 11 is 0. The van der Waals surface area contributed by atoms with Crippen LogP contribution in [0.3, 0.4) is 0 Å². The molecule has 2 atom stereocenters. The van der Waals surface area contributed by atoms with Crippen LogP contribution >= 0.6 is 0 Å². The zero-order chi connectivity index (χ0) is 18.7. The molecule has 3 rings (SSSR count). The van der Waals surface area contributed by atoms with Gasteiger partial charge in [0.25, 0.3) is 0 Å². The van der Waals surface area contributed by atoms with Crippen molar-refractivity contribution in [3.8, 4) is 11.1 Å². The Balaban J connectivity index is 1.76. The monoisotopic (exact) mass is 381 g/mol. The van der Waals surface area contributed by atoms with Crippen molar-refractivity contribution in [2.45, 2.75) is 36.6 Å². The van der Waals surface area contributed by atoms with Crippen molar-refractivity contribution in [1.29, 1.82) is 0 Å². The van der Waals surface area contributed by atoms with Crippen LogP contribution in [-0.2, 0) is 10.0 Å². The average Bonchev–Trinajstić information content (AvgIpc) is 2.62. The normalized spacial score (nSPS) is 20.9. The molecule has 0 aliphatic heterocycles. The zero-order valence-corrected chi connectivity index (χ0v) is 15.0. The van der Waals surface area contributed by atoms with E-state index in [1.54, 1.807) is 0 Å². The lowest BCUT2D eigenvalue weighted by molar-refractivity contribution is 0.177.